The maximum Gasteiger partial charge on any atom is 0.411 e. The Morgan fingerprint density at radius 1 is 1.35 bits per heavy atom. The molecule has 0 spiro atoms. The number of allylic oxidation sites excluding steroid dienone is 1. The Balaban J connectivity index is 2.03. The highest BCUT2D eigenvalue weighted by atomic mass is 35.5. The lowest BCUT2D eigenvalue weighted by Crippen LogP contribution is -2.39. The van der Waals surface area contributed by atoms with Gasteiger partial charge in [-0.15, -0.1) is 0 Å². The Morgan fingerprint density at radius 3 is 2.70 bits per heavy atom. The van der Waals surface area contributed by atoms with Crippen LogP contribution in [0.5, 0.6) is 0 Å². The van der Waals surface area contributed by atoms with Gasteiger partial charge in [-0.3, -0.25) is 4.90 Å². The van der Waals surface area contributed by atoms with Gasteiger partial charge in [0.25, 0.3) is 0 Å². The molecule has 0 saturated heterocycles. The van der Waals surface area contributed by atoms with Crippen molar-refractivity contribution in [3.05, 3.63) is 46.1 Å². The first kappa shape index (κ1) is 13.7. The van der Waals surface area contributed by atoms with Crippen molar-refractivity contribution < 1.29 is 15.0 Å². The normalized spacial score (nSPS) is 31.1. The van der Waals surface area contributed by atoms with E-state index in [1.54, 1.807) is 18.3 Å². The van der Waals surface area contributed by atoms with Crippen LogP contribution < -0.4 is 0 Å². The molecule has 1 saturated carbocycles. The van der Waals surface area contributed by atoms with Gasteiger partial charge in [0.15, 0.2) is 0 Å². The molecule has 20 heavy (non-hydrogen) atoms. The van der Waals surface area contributed by atoms with Crippen molar-refractivity contribution in [1.82, 2.24) is 4.90 Å². The van der Waals surface area contributed by atoms with Crippen molar-refractivity contribution in [2.45, 2.75) is 11.8 Å². The monoisotopic (exact) mass is 313 g/mol. The molecule has 1 amide bonds. The van der Waals surface area contributed by atoms with Gasteiger partial charge >= 0.3 is 6.09 Å². The van der Waals surface area contributed by atoms with E-state index < -0.39 is 11.5 Å². The van der Waals surface area contributed by atoms with Gasteiger partial charge in [-0.25, -0.2) is 4.79 Å². The van der Waals surface area contributed by atoms with Crippen molar-refractivity contribution in [3.8, 4) is 0 Å². The van der Waals surface area contributed by atoms with Gasteiger partial charge in [0.05, 0.1) is 16.7 Å². The summed E-state index contributed by atoms with van der Waals surface area (Å²) < 4.78 is 0. The summed E-state index contributed by atoms with van der Waals surface area (Å²) >= 11 is 12.0. The fourth-order valence-corrected chi connectivity index (χ4v) is 3.47. The third-order valence-electron chi connectivity index (χ3n) is 4.43. The van der Waals surface area contributed by atoms with Gasteiger partial charge in [0, 0.05) is 23.6 Å². The molecule has 6 heteroatoms. The minimum atomic E-state index is -1.01. The third-order valence-corrected chi connectivity index (χ3v) is 5.17. The zero-order chi connectivity index (χ0) is 14.5. The number of aliphatic hydroxyl groups excluding tert-OH is 1. The number of carboxylic acid groups (broad SMARTS) is 1. The largest absolute Gasteiger partial charge is 0.465 e. The summed E-state index contributed by atoms with van der Waals surface area (Å²) in [5.41, 5.74) is 0.154. The molecule has 3 rings (SSSR count). The molecule has 0 radical (unpaired) electrons. The number of hydrogen-bond acceptors (Lipinski definition) is 2. The summed E-state index contributed by atoms with van der Waals surface area (Å²) in [5, 5.41) is 19.7. The number of amides is 1. The summed E-state index contributed by atoms with van der Waals surface area (Å²) in [6.07, 6.45) is 3.10. The van der Waals surface area contributed by atoms with E-state index in [1.807, 2.05) is 12.1 Å². The lowest BCUT2D eigenvalue weighted by Gasteiger charge is -2.31. The van der Waals surface area contributed by atoms with Crippen LogP contribution in [0.4, 0.5) is 4.79 Å². The summed E-state index contributed by atoms with van der Waals surface area (Å²) in [5.74, 6) is 0. The molecule has 0 unspecified atom stereocenters. The van der Waals surface area contributed by atoms with Gasteiger partial charge in [-0.1, -0.05) is 35.3 Å². The maximum atomic E-state index is 11.1. The summed E-state index contributed by atoms with van der Waals surface area (Å²) in [7, 11) is 0. The number of benzene rings is 1. The number of fused-ring (bicyclic) bond motifs is 1. The molecule has 2 aliphatic rings. The predicted molar refractivity (Wildman–Crippen MR) is 76.1 cm³/mol. The van der Waals surface area contributed by atoms with E-state index in [1.165, 1.54) is 4.90 Å². The lowest BCUT2D eigenvalue weighted by atomic mass is 9.84. The second-order valence-electron chi connectivity index (χ2n) is 5.44. The zero-order valence-electron chi connectivity index (χ0n) is 10.5. The lowest BCUT2D eigenvalue weighted by molar-refractivity contribution is 0.125. The van der Waals surface area contributed by atoms with E-state index in [9.17, 15) is 9.90 Å². The molecule has 2 N–H and O–H groups in total. The molecule has 1 aromatic carbocycles. The van der Waals surface area contributed by atoms with Gasteiger partial charge in [0.2, 0.25) is 0 Å². The van der Waals surface area contributed by atoms with Gasteiger partial charge in [-0.2, -0.15) is 0 Å². The zero-order valence-corrected chi connectivity index (χ0v) is 12.0. The summed E-state index contributed by atoms with van der Waals surface area (Å²) in [6, 6.07) is 5.40. The van der Waals surface area contributed by atoms with Crippen LogP contribution in [0.3, 0.4) is 0 Å². The minimum absolute atomic E-state index is 0.0681. The number of hydrogen-bond donors (Lipinski definition) is 2. The second kappa shape index (κ2) is 4.38. The van der Waals surface area contributed by atoms with Gasteiger partial charge in [0.1, 0.15) is 0 Å². The van der Waals surface area contributed by atoms with E-state index in [0.717, 1.165) is 5.56 Å². The highest BCUT2D eigenvalue weighted by Crippen LogP contribution is 2.67. The Kier molecular flexibility index (Phi) is 3.01. The van der Waals surface area contributed by atoms with Crippen molar-refractivity contribution in [2.75, 3.05) is 13.2 Å². The van der Waals surface area contributed by atoms with E-state index in [4.69, 9.17) is 28.3 Å². The quantitative estimate of drug-likeness (QED) is 0.882. The summed E-state index contributed by atoms with van der Waals surface area (Å²) in [6.45, 7) is 0.219. The molecule has 1 fully saturated rings. The summed E-state index contributed by atoms with van der Waals surface area (Å²) in [4.78, 5) is 12.3. The number of carbonyl (C=O) groups is 1. The number of rotatable bonds is 2. The first-order valence-electron chi connectivity index (χ1n) is 6.19. The van der Waals surface area contributed by atoms with Gasteiger partial charge in [-0.05, 0) is 24.1 Å². The number of nitrogens with zero attached hydrogens (tertiary/aromatic N) is 1. The Bertz CT molecular complexity index is 618. The Labute approximate surface area is 126 Å². The SMILES string of the molecule is O=C(O)N1C=C[C@]2(c3ccc(Cl)c(Cl)c3)C[C@]2(CO)C1. The molecule has 106 valence electrons. The highest BCUT2D eigenvalue weighted by molar-refractivity contribution is 6.42. The van der Waals surface area contributed by atoms with Crippen LogP contribution >= 0.6 is 23.2 Å². The molecule has 4 nitrogen and oxygen atoms in total. The van der Waals surface area contributed by atoms with Crippen LogP contribution in [0, 0.1) is 5.41 Å². The molecule has 1 heterocycles. The highest BCUT2D eigenvalue weighted by Gasteiger charge is 2.68. The van der Waals surface area contributed by atoms with Gasteiger partial charge < -0.3 is 10.2 Å². The topological polar surface area (TPSA) is 60.8 Å². The molecule has 1 aliphatic heterocycles. The molecule has 0 bridgehead atoms. The predicted octanol–water partition coefficient (Wildman–Crippen LogP) is 3.12. The van der Waals surface area contributed by atoms with Crippen molar-refractivity contribution in [2.24, 2.45) is 5.41 Å². The second-order valence-corrected chi connectivity index (χ2v) is 6.26. The Hall–Kier alpha value is -1.23. The molecule has 1 aromatic rings. The average Bonchev–Trinajstić information content (AvgIpc) is 3.11. The van der Waals surface area contributed by atoms with Crippen LogP contribution in [0.2, 0.25) is 10.0 Å². The maximum absolute atomic E-state index is 11.1. The standard InChI is InChI=1S/C14H13Cl2NO3/c15-10-2-1-9(5-11(10)16)14-3-4-17(12(19)20)7-13(14,6-14)8-18/h1-5,18H,6-8H2,(H,19,20)/t13-,14-/m1/s1. The first-order valence-corrected chi connectivity index (χ1v) is 6.95. The van der Waals surface area contributed by atoms with E-state index in [2.05, 4.69) is 0 Å². The minimum Gasteiger partial charge on any atom is -0.465 e. The van der Waals surface area contributed by atoms with E-state index >= 15 is 0 Å². The third kappa shape index (κ3) is 1.75. The van der Waals surface area contributed by atoms with E-state index in [-0.39, 0.29) is 18.6 Å². The van der Waals surface area contributed by atoms with Crippen molar-refractivity contribution in [1.29, 1.82) is 0 Å². The number of halogens is 2. The fraction of sp³-hybridized carbons (Fsp3) is 0.357. The molecule has 1 aliphatic carbocycles. The van der Waals surface area contributed by atoms with Crippen LogP contribution in [0.25, 0.3) is 0 Å². The van der Waals surface area contributed by atoms with Crippen LogP contribution in [0.1, 0.15) is 12.0 Å². The van der Waals surface area contributed by atoms with Crippen LogP contribution in [-0.4, -0.2) is 34.4 Å². The first-order chi connectivity index (χ1) is 9.44. The smallest absolute Gasteiger partial charge is 0.411 e. The van der Waals surface area contributed by atoms with Crippen molar-refractivity contribution >= 4 is 29.3 Å². The van der Waals surface area contributed by atoms with Crippen molar-refractivity contribution in [3.63, 3.8) is 0 Å². The average molecular weight is 314 g/mol. The fourth-order valence-electron chi connectivity index (χ4n) is 3.17. The molecule has 0 aromatic heterocycles. The van der Waals surface area contributed by atoms with Crippen LogP contribution in [-0.2, 0) is 5.41 Å². The van der Waals surface area contributed by atoms with Crippen LogP contribution in [0.15, 0.2) is 30.5 Å². The molecular weight excluding hydrogens is 301 g/mol. The molecule has 2 atom stereocenters. The molecular formula is C14H13Cl2NO3. The Morgan fingerprint density at radius 2 is 2.10 bits per heavy atom. The number of aliphatic hydroxyl groups is 1. The van der Waals surface area contributed by atoms with E-state index in [0.29, 0.717) is 16.5 Å².